The van der Waals surface area contributed by atoms with E-state index < -0.39 is 0 Å². The molecule has 3 aromatic carbocycles. The van der Waals surface area contributed by atoms with Gasteiger partial charge in [0.2, 0.25) is 0 Å². The molecule has 3 heteroatoms. The van der Waals surface area contributed by atoms with Gasteiger partial charge in [-0.15, -0.1) is 0 Å². The van der Waals surface area contributed by atoms with Crippen LogP contribution in [0.4, 0.5) is 5.69 Å². The van der Waals surface area contributed by atoms with Crippen molar-refractivity contribution in [1.82, 2.24) is 0 Å². The summed E-state index contributed by atoms with van der Waals surface area (Å²) in [6, 6.07) is 22.0. The first-order valence-corrected chi connectivity index (χ1v) is 6.78. The molecule has 21 heavy (non-hydrogen) atoms. The third-order valence-electron chi connectivity index (χ3n) is 3.29. The number of nitrogens with zero attached hydrogens (tertiary/aromatic N) is 1. The molecule has 0 saturated heterocycles. The van der Waals surface area contributed by atoms with Crippen molar-refractivity contribution in [2.45, 2.75) is 0 Å². The Labute approximate surface area is 123 Å². The molecule has 3 aromatic rings. The second-order valence-electron chi connectivity index (χ2n) is 4.64. The second-order valence-corrected chi connectivity index (χ2v) is 4.64. The van der Waals surface area contributed by atoms with E-state index in [4.69, 9.17) is 4.74 Å². The van der Waals surface area contributed by atoms with E-state index in [0.717, 1.165) is 27.8 Å². The molecule has 0 bridgehead atoms. The van der Waals surface area contributed by atoms with Gasteiger partial charge < -0.3 is 4.74 Å². The average Bonchev–Trinajstić information content (AvgIpc) is 2.55. The van der Waals surface area contributed by atoms with Crippen LogP contribution in [0.15, 0.2) is 71.8 Å². The van der Waals surface area contributed by atoms with E-state index in [1.54, 1.807) is 7.11 Å². The normalized spacial score (nSPS) is 10.9. The molecule has 3 rings (SSSR count). The first-order chi connectivity index (χ1) is 10.4. The summed E-state index contributed by atoms with van der Waals surface area (Å²) in [4.78, 5) is 0. The Hall–Kier alpha value is -2.81. The van der Waals surface area contributed by atoms with Crippen molar-refractivity contribution in [3.05, 3.63) is 72.3 Å². The van der Waals surface area contributed by atoms with Crippen LogP contribution in [0.1, 0.15) is 5.56 Å². The van der Waals surface area contributed by atoms with Gasteiger partial charge in [0.15, 0.2) is 0 Å². The molecule has 0 aromatic heterocycles. The molecule has 0 heterocycles. The number of hydrogen-bond donors (Lipinski definition) is 1. The van der Waals surface area contributed by atoms with Crippen molar-refractivity contribution in [2.24, 2.45) is 5.10 Å². The van der Waals surface area contributed by atoms with Gasteiger partial charge in [0.05, 0.1) is 19.0 Å². The fourth-order valence-electron chi connectivity index (χ4n) is 2.30. The number of ether oxygens (including phenoxy) is 1. The van der Waals surface area contributed by atoms with Crippen molar-refractivity contribution >= 4 is 22.7 Å². The molecule has 0 fully saturated rings. The second kappa shape index (κ2) is 6.09. The van der Waals surface area contributed by atoms with Gasteiger partial charge in [-0.25, -0.2) is 0 Å². The Morgan fingerprint density at radius 2 is 1.67 bits per heavy atom. The number of benzene rings is 3. The smallest absolute Gasteiger partial charge is 0.127 e. The molecule has 0 aliphatic carbocycles. The number of nitrogens with one attached hydrogen (secondary N) is 1. The molecule has 0 amide bonds. The summed E-state index contributed by atoms with van der Waals surface area (Å²) in [5.41, 5.74) is 5.00. The maximum atomic E-state index is 5.45. The van der Waals surface area contributed by atoms with E-state index in [1.165, 1.54) is 0 Å². The van der Waals surface area contributed by atoms with Crippen molar-refractivity contribution in [1.29, 1.82) is 0 Å². The predicted molar refractivity (Wildman–Crippen MR) is 88.2 cm³/mol. The van der Waals surface area contributed by atoms with E-state index in [1.807, 2.05) is 60.8 Å². The number of fused-ring (bicyclic) bond motifs is 1. The highest BCUT2D eigenvalue weighted by atomic mass is 16.5. The summed E-state index contributed by atoms with van der Waals surface area (Å²) in [6.45, 7) is 0. The zero-order chi connectivity index (χ0) is 14.5. The van der Waals surface area contributed by atoms with Gasteiger partial charge in [-0.2, -0.15) is 5.10 Å². The molecule has 0 atom stereocenters. The minimum Gasteiger partial charge on any atom is -0.496 e. The van der Waals surface area contributed by atoms with Gasteiger partial charge in [-0.1, -0.05) is 48.5 Å². The number of hydrazone groups is 1. The first kappa shape index (κ1) is 13.2. The minimum atomic E-state index is 0.856. The van der Waals surface area contributed by atoms with Gasteiger partial charge in [0.25, 0.3) is 0 Å². The monoisotopic (exact) mass is 276 g/mol. The van der Waals surface area contributed by atoms with E-state index in [9.17, 15) is 0 Å². The molecule has 104 valence electrons. The predicted octanol–water partition coefficient (Wildman–Crippen LogP) is 4.29. The lowest BCUT2D eigenvalue weighted by Gasteiger charge is -2.08. The van der Waals surface area contributed by atoms with Crippen molar-refractivity contribution < 1.29 is 4.74 Å². The number of rotatable bonds is 4. The number of para-hydroxylation sites is 1. The molecule has 0 saturated carbocycles. The lowest BCUT2D eigenvalue weighted by atomic mass is 10.0. The summed E-state index contributed by atoms with van der Waals surface area (Å²) < 4.78 is 5.45. The van der Waals surface area contributed by atoms with Crippen LogP contribution >= 0.6 is 0 Å². The molecule has 0 radical (unpaired) electrons. The Morgan fingerprint density at radius 1 is 0.905 bits per heavy atom. The van der Waals surface area contributed by atoms with E-state index in [-0.39, 0.29) is 0 Å². The molecule has 0 spiro atoms. The molecule has 1 N–H and O–H groups in total. The largest absolute Gasteiger partial charge is 0.496 e. The Bertz CT molecular complexity index is 761. The van der Waals surface area contributed by atoms with Crippen LogP contribution < -0.4 is 10.2 Å². The standard InChI is InChI=1S/C18H16N2O/c1-21-17-12-6-8-14-7-5-9-15(18(14)17)13-19-20-16-10-3-2-4-11-16/h2-13,20H,1H3. The van der Waals surface area contributed by atoms with Gasteiger partial charge in [-0.3, -0.25) is 5.43 Å². The van der Waals surface area contributed by atoms with Crippen LogP contribution in [-0.4, -0.2) is 13.3 Å². The summed E-state index contributed by atoms with van der Waals surface area (Å²) >= 11 is 0. The lowest BCUT2D eigenvalue weighted by Crippen LogP contribution is -1.93. The Balaban J connectivity index is 1.93. The molecule has 0 aliphatic heterocycles. The summed E-state index contributed by atoms with van der Waals surface area (Å²) in [7, 11) is 1.69. The highest BCUT2D eigenvalue weighted by Crippen LogP contribution is 2.27. The third-order valence-corrected chi connectivity index (χ3v) is 3.29. The van der Waals surface area contributed by atoms with Crippen LogP contribution in [0.5, 0.6) is 5.75 Å². The van der Waals surface area contributed by atoms with Crippen molar-refractivity contribution in [3.63, 3.8) is 0 Å². The summed E-state index contributed by atoms with van der Waals surface area (Å²) in [6.07, 6.45) is 1.82. The zero-order valence-electron chi connectivity index (χ0n) is 11.8. The Morgan fingerprint density at radius 3 is 2.43 bits per heavy atom. The Kier molecular flexibility index (Phi) is 3.83. The molecular formula is C18H16N2O. The third kappa shape index (κ3) is 2.87. The van der Waals surface area contributed by atoms with E-state index in [0.29, 0.717) is 0 Å². The average molecular weight is 276 g/mol. The lowest BCUT2D eigenvalue weighted by molar-refractivity contribution is 0.420. The van der Waals surface area contributed by atoms with E-state index >= 15 is 0 Å². The fraction of sp³-hybridized carbons (Fsp3) is 0.0556. The maximum absolute atomic E-state index is 5.45. The topological polar surface area (TPSA) is 33.6 Å². The van der Waals surface area contributed by atoms with Crippen LogP contribution in [0.3, 0.4) is 0 Å². The quantitative estimate of drug-likeness (QED) is 0.569. The van der Waals surface area contributed by atoms with Crippen LogP contribution in [0.2, 0.25) is 0 Å². The number of anilines is 1. The number of methoxy groups -OCH3 is 1. The highest BCUT2D eigenvalue weighted by molar-refractivity contribution is 6.03. The maximum Gasteiger partial charge on any atom is 0.127 e. The van der Waals surface area contributed by atoms with Crippen LogP contribution in [-0.2, 0) is 0 Å². The zero-order valence-corrected chi connectivity index (χ0v) is 11.8. The molecule has 3 nitrogen and oxygen atoms in total. The van der Waals surface area contributed by atoms with Crippen molar-refractivity contribution in [3.8, 4) is 5.75 Å². The first-order valence-electron chi connectivity index (χ1n) is 6.78. The van der Waals surface area contributed by atoms with E-state index in [2.05, 4.69) is 22.7 Å². The van der Waals surface area contributed by atoms with Gasteiger partial charge >= 0.3 is 0 Å². The molecule has 0 unspecified atom stereocenters. The van der Waals surface area contributed by atoms with Gasteiger partial charge in [0.1, 0.15) is 5.75 Å². The molecular weight excluding hydrogens is 260 g/mol. The molecule has 0 aliphatic rings. The summed E-state index contributed by atoms with van der Waals surface area (Å²) in [5.74, 6) is 0.856. The minimum absolute atomic E-state index is 0.856. The summed E-state index contributed by atoms with van der Waals surface area (Å²) in [5, 5.41) is 6.51. The fourth-order valence-corrected chi connectivity index (χ4v) is 2.30. The number of hydrogen-bond acceptors (Lipinski definition) is 3. The van der Waals surface area contributed by atoms with Crippen LogP contribution in [0, 0.1) is 0 Å². The van der Waals surface area contributed by atoms with Crippen LogP contribution in [0.25, 0.3) is 10.8 Å². The highest BCUT2D eigenvalue weighted by Gasteiger charge is 2.04. The van der Waals surface area contributed by atoms with Gasteiger partial charge in [-0.05, 0) is 23.6 Å². The SMILES string of the molecule is COc1cccc2cccc(C=NNc3ccccc3)c12. The van der Waals surface area contributed by atoms with Gasteiger partial charge in [0, 0.05) is 10.9 Å². The van der Waals surface area contributed by atoms with Crippen molar-refractivity contribution in [2.75, 3.05) is 12.5 Å².